The molecule has 0 radical (unpaired) electrons. The van der Waals surface area contributed by atoms with Gasteiger partial charge in [0.2, 0.25) is 0 Å². The first-order chi connectivity index (χ1) is 13.7. The smallest absolute Gasteiger partial charge is 0.251 e. The molecular weight excluding hydrogens is 350 g/mol. The van der Waals surface area contributed by atoms with Gasteiger partial charge in [-0.05, 0) is 49.4 Å². The van der Waals surface area contributed by atoms with E-state index in [0.717, 1.165) is 28.3 Å². The van der Waals surface area contributed by atoms with E-state index in [1.165, 1.54) is 0 Å². The maximum atomic E-state index is 12.5. The molecule has 140 valence electrons. The molecule has 1 aromatic heterocycles. The lowest BCUT2D eigenvalue weighted by atomic mass is 10.2. The summed E-state index contributed by atoms with van der Waals surface area (Å²) in [6.07, 6.45) is 0. The Bertz CT molecular complexity index is 1090. The number of aromatic nitrogens is 2. The topological polar surface area (TPSA) is 56.1 Å². The molecule has 0 aliphatic heterocycles. The normalized spacial score (nSPS) is 10.8. The summed E-state index contributed by atoms with van der Waals surface area (Å²) in [6.45, 7) is 2.82. The molecule has 0 atom stereocenters. The highest BCUT2D eigenvalue weighted by molar-refractivity contribution is 5.97. The van der Waals surface area contributed by atoms with Crippen LogP contribution >= 0.6 is 0 Å². The number of nitrogens with zero attached hydrogens (tertiary/aromatic N) is 2. The Balaban J connectivity index is 1.45. The Kier molecular flexibility index (Phi) is 5.06. The molecule has 0 unspecified atom stereocenters. The summed E-state index contributed by atoms with van der Waals surface area (Å²) >= 11 is 0. The van der Waals surface area contributed by atoms with Crippen molar-refractivity contribution in [2.45, 2.75) is 6.92 Å². The number of fused-ring (bicyclic) bond motifs is 1. The molecule has 0 saturated carbocycles. The summed E-state index contributed by atoms with van der Waals surface area (Å²) in [5.41, 5.74) is 3.42. The third kappa shape index (κ3) is 3.74. The van der Waals surface area contributed by atoms with Crippen molar-refractivity contribution in [2.75, 3.05) is 13.2 Å². The number of carbonyl (C=O) groups excluding carboxylic acids is 1. The quantitative estimate of drug-likeness (QED) is 0.518. The Labute approximate surface area is 163 Å². The van der Waals surface area contributed by atoms with Crippen molar-refractivity contribution >= 4 is 16.9 Å². The molecule has 0 aliphatic rings. The second-order valence-electron chi connectivity index (χ2n) is 6.45. The van der Waals surface area contributed by atoms with Gasteiger partial charge in [-0.25, -0.2) is 4.98 Å². The number of rotatable bonds is 6. The van der Waals surface area contributed by atoms with E-state index in [-0.39, 0.29) is 5.91 Å². The highest BCUT2D eigenvalue weighted by Crippen LogP contribution is 2.22. The molecule has 28 heavy (non-hydrogen) atoms. The maximum absolute atomic E-state index is 12.5. The first-order valence-corrected chi connectivity index (χ1v) is 9.23. The predicted octanol–water partition coefficient (Wildman–Crippen LogP) is 4.14. The Morgan fingerprint density at radius 3 is 2.46 bits per heavy atom. The van der Waals surface area contributed by atoms with Crippen molar-refractivity contribution in [1.82, 2.24) is 14.9 Å². The average Bonchev–Trinajstić information content (AvgIpc) is 3.07. The Hall–Kier alpha value is -3.60. The van der Waals surface area contributed by atoms with Crippen molar-refractivity contribution in [2.24, 2.45) is 0 Å². The zero-order valence-electron chi connectivity index (χ0n) is 15.6. The van der Waals surface area contributed by atoms with Gasteiger partial charge in [0, 0.05) is 11.3 Å². The van der Waals surface area contributed by atoms with Gasteiger partial charge in [0.25, 0.3) is 5.91 Å². The zero-order valence-corrected chi connectivity index (χ0v) is 15.6. The largest absolute Gasteiger partial charge is 0.492 e. The monoisotopic (exact) mass is 371 g/mol. The number of aryl methyl sites for hydroxylation is 1. The second kappa shape index (κ2) is 7.96. The minimum Gasteiger partial charge on any atom is -0.492 e. The number of nitrogens with one attached hydrogen (secondary N) is 1. The molecular formula is C23H21N3O2. The highest BCUT2D eigenvalue weighted by Gasteiger charge is 2.12. The fourth-order valence-corrected chi connectivity index (χ4v) is 3.20. The molecule has 4 rings (SSSR count). The molecule has 3 aromatic carbocycles. The van der Waals surface area contributed by atoms with Gasteiger partial charge in [0.1, 0.15) is 18.2 Å². The highest BCUT2D eigenvalue weighted by atomic mass is 16.5. The summed E-state index contributed by atoms with van der Waals surface area (Å²) in [7, 11) is 0. The van der Waals surface area contributed by atoms with Gasteiger partial charge < -0.3 is 10.1 Å². The van der Waals surface area contributed by atoms with E-state index in [0.29, 0.717) is 18.7 Å². The number of benzene rings is 3. The van der Waals surface area contributed by atoms with Crippen LogP contribution in [-0.4, -0.2) is 28.6 Å². The number of ether oxygens (including phenoxy) is 1. The molecule has 0 aliphatic carbocycles. The van der Waals surface area contributed by atoms with Crippen LogP contribution in [0.15, 0.2) is 78.9 Å². The number of amides is 1. The van der Waals surface area contributed by atoms with Crippen LogP contribution < -0.4 is 10.1 Å². The lowest BCUT2D eigenvalue weighted by Gasteiger charge is -2.08. The molecule has 0 bridgehead atoms. The van der Waals surface area contributed by atoms with E-state index in [1.807, 2.05) is 85.8 Å². The number of imidazole rings is 1. The van der Waals surface area contributed by atoms with Gasteiger partial charge >= 0.3 is 0 Å². The predicted molar refractivity (Wildman–Crippen MR) is 110 cm³/mol. The van der Waals surface area contributed by atoms with Crippen LogP contribution in [0.1, 0.15) is 16.2 Å². The second-order valence-corrected chi connectivity index (χ2v) is 6.45. The molecule has 0 spiro atoms. The third-order valence-electron chi connectivity index (χ3n) is 4.50. The summed E-state index contributed by atoms with van der Waals surface area (Å²) in [4.78, 5) is 17.1. The molecule has 5 heteroatoms. The Morgan fingerprint density at radius 1 is 1.00 bits per heavy atom. The van der Waals surface area contributed by atoms with E-state index in [2.05, 4.69) is 14.9 Å². The molecule has 4 aromatic rings. The summed E-state index contributed by atoms with van der Waals surface area (Å²) in [5, 5.41) is 2.89. The van der Waals surface area contributed by atoms with Gasteiger partial charge in [-0.3, -0.25) is 9.36 Å². The standard InChI is InChI=1S/C23H21N3O2/c1-17-25-21-16-18(12-13-22(21)26(17)19-8-4-2-5-9-19)23(27)24-14-15-28-20-10-6-3-7-11-20/h2-13,16H,14-15H2,1H3,(H,24,27). The van der Waals surface area contributed by atoms with Crippen LogP contribution in [0.3, 0.4) is 0 Å². The van der Waals surface area contributed by atoms with Crippen LogP contribution in [-0.2, 0) is 0 Å². The first kappa shape index (κ1) is 17.8. The van der Waals surface area contributed by atoms with E-state index >= 15 is 0 Å². The fraction of sp³-hybridized carbons (Fsp3) is 0.130. The lowest BCUT2D eigenvalue weighted by Crippen LogP contribution is -2.28. The van der Waals surface area contributed by atoms with Gasteiger partial charge in [-0.15, -0.1) is 0 Å². The number of carbonyl (C=O) groups is 1. The summed E-state index contributed by atoms with van der Waals surface area (Å²) in [6, 6.07) is 25.2. The molecule has 5 nitrogen and oxygen atoms in total. The number of hydrogen-bond acceptors (Lipinski definition) is 3. The van der Waals surface area contributed by atoms with Gasteiger partial charge in [0.15, 0.2) is 0 Å². The molecule has 0 fully saturated rings. The summed E-state index contributed by atoms with van der Waals surface area (Å²) in [5.74, 6) is 1.54. The summed E-state index contributed by atoms with van der Waals surface area (Å²) < 4.78 is 7.69. The van der Waals surface area contributed by atoms with Crippen molar-refractivity contribution in [3.05, 3.63) is 90.3 Å². The molecule has 1 amide bonds. The van der Waals surface area contributed by atoms with E-state index in [9.17, 15) is 4.79 Å². The first-order valence-electron chi connectivity index (χ1n) is 9.23. The van der Waals surface area contributed by atoms with Crippen molar-refractivity contribution < 1.29 is 9.53 Å². The molecule has 0 saturated heterocycles. The van der Waals surface area contributed by atoms with Crippen LogP contribution in [0, 0.1) is 6.92 Å². The fourth-order valence-electron chi connectivity index (χ4n) is 3.20. The van der Waals surface area contributed by atoms with Crippen LogP contribution in [0.4, 0.5) is 0 Å². The van der Waals surface area contributed by atoms with E-state index in [1.54, 1.807) is 0 Å². The number of hydrogen-bond donors (Lipinski definition) is 1. The number of para-hydroxylation sites is 2. The van der Waals surface area contributed by atoms with Crippen molar-refractivity contribution in [3.63, 3.8) is 0 Å². The van der Waals surface area contributed by atoms with Gasteiger partial charge in [-0.2, -0.15) is 0 Å². The van der Waals surface area contributed by atoms with Crippen LogP contribution in [0.5, 0.6) is 5.75 Å². The lowest BCUT2D eigenvalue weighted by molar-refractivity contribution is 0.0947. The average molecular weight is 371 g/mol. The van der Waals surface area contributed by atoms with Crippen molar-refractivity contribution in [1.29, 1.82) is 0 Å². The van der Waals surface area contributed by atoms with E-state index < -0.39 is 0 Å². The zero-order chi connectivity index (χ0) is 19.3. The van der Waals surface area contributed by atoms with Crippen molar-refractivity contribution in [3.8, 4) is 11.4 Å². The molecule has 1 N–H and O–H groups in total. The SMILES string of the molecule is Cc1nc2cc(C(=O)NCCOc3ccccc3)ccc2n1-c1ccccc1. The maximum Gasteiger partial charge on any atom is 0.251 e. The third-order valence-corrected chi connectivity index (χ3v) is 4.50. The Morgan fingerprint density at radius 2 is 1.71 bits per heavy atom. The van der Waals surface area contributed by atoms with Crippen LogP contribution in [0.2, 0.25) is 0 Å². The van der Waals surface area contributed by atoms with E-state index in [4.69, 9.17) is 4.74 Å². The minimum absolute atomic E-state index is 0.134. The molecule has 1 heterocycles. The minimum atomic E-state index is -0.134. The van der Waals surface area contributed by atoms with Gasteiger partial charge in [0.05, 0.1) is 17.6 Å². The van der Waals surface area contributed by atoms with Gasteiger partial charge in [-0.1, -0.05) is 36.4 Å². The van der Waals surface area contributed by atoms with Crippen LogP contribution in [0.25, 0.3) is 16.7 Å².